The van der Waals surface area contributed by atoms with Crippen molar-refractivity contribution in [1.29, 1.82) is 0 Å². The monoisotopic (exact) mass is 498 g/mol. The third kappa shape index (κ3) is 5.22. The summed E-state index contributed by atoms with van der Waals surface area (Å²) in [6.45, 7) is -0.519. The van der Waals surface area contributed by atoms with Gasteiger partial charge in [-0.2, -0.15) is 0 Å². The lowest BCUT2D eigenvalue weighted by Gasteiger charge is -2.13. The van der Waals surface area contributed by atoms with E-state index in [2.05, 4.69) is 10.1 Å². The molecule has 2 aromatic carbocycles. The fourth-order valence-corrected chi connectivity index (χ4v) is 4.15. The highest BCUT2D eigenvalue weighted by molar-refractivity contribution is 8.18. The van der Waals surface area contributed by atoms with Crippen molar-refractivity contribution >= 4 is 81.4 Å². The Morgan fingerprint density at radius 3 is 2.42 bits per heavy atom. The van der Waals surface area contributed by atoms with Gasteiger partial charge in [0.1, 0.15) is 6.54 Å². The number of esters is 1. The maximum absolute atomic E-state index is 12.6. The number of thioether (sulfide) groups is 1. The summed E-state index contributed by atoms with van der Waals surface area (Å²) in [5, 5.41) is 2.70. The van der Waals surface area contributed by atoms with Crippen LogP contribution in [0.25, 0.3) is 6.08 Å². The third-order valence-corrected chi connectivity index (χ3v) is 6.00. The molecule has 0 aromatic heterocycles. The van der Waals surface area contributed by atoms with E-state index in [9.17, 15) is 19.2 Å². The average Bonchev–Trinajstić information content (AvgIpc) is 2.99. The van der Waals surface area contributed by atoms with Crippen LogP contribution < -0.4 is 5.32 Å². The Hall–Kier alpha value is -2.52. The number of carbonyl (C=O) groups is 4. The molecule has 1 saturated heterocycles. The van der Waals surface area contributed by atoms with Gasteiger partial charge in [0.05, 0.1) is 22.6 Å². The van der Waals surface area contributed by atoms with Gasteiger partial charge in [0.15, 0.2) is 0 Å². The second-order valence-electron chi connectivity index (χ2n) is 6.14. The van der Waals surface area contributed by atoms with Crippen molar-refractivity contribution in [1.82, 2.24) is 4.90 Å². The molecule has 11 heteroatoms. The van der Waals surface area contributed by atoms with Crippen molar-refractivity contribution in [2.45, 2.75) is 0 Å². The Labute approximate surface area is 196 Å². The molecule has 160 valence electrons. The van der Waals surface area contributed by atoms with Crippen LogP contribution in [0.1, 0.15) is 15.9 Å². The molecule has 0 bridgehead atoms. The van der Waals surface area contributed by atoms with Crippen molar-refractivity contribution in [3.63, 3.8) is 0 Å². The first-order chi connectivity index (χ1) is 14.7. The molecule has 0 aliphatic carbocycles. The van der Waals surface area contributed by atoms with Gasteiger partial charge in [0.2, 0.25) is 5.91 Å². The molecule has 0 radical (unpaired) electrons. The second-order valence-corrected chi connectivity index (χ2v) is 8.35. The number of anilines is 1. The smallest absolute Gasteiger partial charge is 0.339 e. The highest BCUT2D eigenvalue weighted by Crippen LogP contribution is 2.35. The number of hydrogen-bond acceptors (Lipinski definition) is 6. The van der Waals surface area contributed by atoms with E-state index >= 15 is 0 Å². The molecule has 3 amide bonds. The van der Waals surface area contributed by atoms with Crippen LogP contribution in [-0.4, -0.2) is 41.6 Å². The van der Waals surface area contributed by atoms with Crippen LogP contribution in [0, 0.1) is 0 Å². The van der Waals surface area contributed by atoms with Gasteiger partial charge in [-0.05, 0) is 48.2 Å². The van der Waals surface area contributed by atoms with E-state index in [4.69, 9.17) is 34.8 Å². The highest BCUT2D eigenvalue weighted by atomic mass is 35.5. The van der Waals surface area contributed by atoms with Crippen LogP contribution in [0.2, 0.25) is 15.1 Å². The van der Waals surface area contributed by atoms with Gasteiger partial charge in [-0.25, -0.2) is 4.79 Å². The van der Waals surface area contributed by atoms with Crippen LogP contribution in [-0.2, 0) is 14.3 Å². The quantitative estimate of drug-likeness (QED) is 0.454. The SMILES string of the molecule is COC(=O)c1cc(NC(=O)CN2C(=O)S/C(=C/c3c(Cl)cccc3Cl)C2=O)ccc1Cl. The first-order valence-electron chi connectivity index (χ1n) is 8.58. The Balaban J connectivity index is 1.74. The van der Waals surface area contributed by atoms with E-state index in [0.29, 0.717) is 27.4 Å². The zero-order valence-electron chi connectivity index (χ0n) is 15.8. The summed E-state index contributed by atoms with van der Waals surface area (Å²) in [6, 6.07) is 9.08. The highest BCUT2D eigenvalue weighted by Gasteiger charge is 2.36. The molecule has 0 spiro atoms. The third-order valence-electron chi connectivity index (χ3n) is 4.11. The van der Waals surface area contributed by atoms with E-state index in [1.807, 2.05) is 0 Å². The Morgan fingerprint density at radius 2 is 1.77 bits per heavy atom. The zero-order chi connectivity index (χ0) is 22.7. The number of carbonyl (C=O) groups excluding carboxylic acids is 4. The van der Waals surface area contributed by atoms with Crippen molar-refractivity contribution in [2.24, 2.45) is 0 Å². The molecule has 7 nitrogen and oxygen atoms in total. The standard InChI is InChI=1S/C20H13Cl3N2O5S/c1-30-19(28)12-7-10(5-6-15(12)23)24-17(26)9-25-18(27)16(31-20(25)29)8-11-13(21)3-2-4-14(11)22/h2-8H,9H2,1H3,(H,24,26)/b16-8+. The molecule has 1 N–H and O–H groups in total. The van der Waals surface area contributed by atoms with E-state index in [-0.39, 0.29) is 21.2 Å². The maximum Gasteiger partial charge on any atom is 0.339 e. The molecule has 0 unspecified atom stereocenters. The van der Waals surface area contributed by atoms with Gasteiger partial charge >= 0.3 is 5.97 Å². The number of methoxy groups -OCH3 is 1. The van der Waals surface area contributed by atoms with Crippen LogP contribution in [0.4, 0.5) is 10.5 Å². The summed E-state index contributed by atoms with van der Waals surface area (Å²) in [6.07, 6.45) is 1.41. The molecular weight excluding hydrogens is 487 g/mol. The molecule has 1 fully saturated rings. The average molecular weight is 500 g/mol. The maximum atomic E-state index is 12.6. The molecule has 0 saturated carbocycles. The van der Waals surface area contributed by atoms with Crippen LogP contribution in [0.5, 0.6) is 0 Å². The van der Waals surface area contributed by atoms with Crippen molar-refractivity contribution in [3.8, 4) is 0 Å². The predicted molar refractivity (Wildman–Crippen MR) is 121 cm³/mol. The molecule has 1 aliphatic heterocycles. The number of halogens is 3. The summed E-state index contributed by atoms with van der Waals surface area (Å²) in [5.74, 6) is -1.96. The zero-order valence-corrected chi connectivity index (χ0v) is 18.9. The number of rotatable bonds is 5. The normalized spacial score (nSPS) is 14.8. The van der Waals surface area contributed by atoms with Crippen LogP contribution in [0.15, 0.2) is 41.3 Å². The molecule has 31 heavy (non-hydrogen) atoms. The molecule has 1 heterocycles. The lowest BCUT2D eigenvalue weighted by atomic mass is 10.2. The predicted octanol–water partition coefficient (Wildman–Crippen LogP) is 5.11. The summed E-state index contributed by atoms with van der Waals surface area (Å²) >= 11 is 18.8. The Morgan fingerprint density at radius 1 is 1.10 bits per heavy atom. The van der Waals surface area contributed by atoms with Gasteiger partial charge in [-0.3, -0.25) is 19.3 Å². The minimum atomic E-state index is -0.671. The van der Waals surface area contributed by atoms with E-state index in [1.165, 1.54) is 31.4 Å². The van der Waals surface area contributed by atoms with Crippen molar-refractivity contribution < 1.29 is 23.9 Å². The van der Waals surface area contributed by atoms with E-state index in [0.717, 1.165) is 4.90 Å². The number of amides is 3. The van der Waals surface area contributed by atoms with Gasteiger partial charge < -0.3 is 10.1 Å². The molecular formula is C20H13Cl3N2O5S. The van der Waals surface area contributed by atoms with Crippen molar-refractivity contribution in [2.75, 3.05) is 19.0 Å². The summed E-state index contributed by atoms with van der Waals surface area (Å²) < 4.78 is 4.63. The van der Waals surface area contributed by atoms with Crippen LogP contribution >= 0.6 is 46.6 Å². The van der Waals surface area contributed by atoms with Gasteiger partial charge in [0, 0.05) is 21.3 Å². The lowest BCUT2D eigenvalue weighted by molar-refractivity contribution is -0.127. The fraction of sp³-hybridized carbons (Fsp3) is 0.100. The number of ether oxygens (including phenoxy) is 1. The minimum Gasteiger partial charge on any atom is -0.465 e. The van der Waals surface area contributed by atoms with E-state index < -0.39 is 29.6 Å². The topological polar surface area (TPSA) is 92.8 Å². The number of benzene rings is 2. The minimum absolute atomic E-state index is 0.0627. The lowest BCUT2D eigenvalue weighted by Crippen LogP contribution is -2.36. The molecule has 2 aromatic rings. The molecule has 1 aliphatic rings. The van der Waals surface area contributed by atoms with Crippen LogP contribution in [0.3, 0.4) is 0 Å². The Bertz CT molecular complexity index is 1120. The summed E-state index contributed by atoms with van der Waals surface area (Å²) in [4.78, 5) is 49.9. The van der Waals surface area contributed by atoms with Gasteiger partial charge in [-0.1, -0.05) is 40.9 Å². The number of imide groups is 1. The number of nitrogens with zero attached hydrogens (tertiary/aromatic N) is 1. The first kappa shape index (κ1) is 23.1. The van der Waals surface area contributed by atoms with Gasteiger partial charge in [0.25, 0.3) is 11.1 Å². The second kappa shape index (κ2) is 9.74. The fourth-order valence-electron chi connectivity index (χ4n) is 2.63. The van der Waals surface area contributed by atoms with Gasteiger partial charge in [-0.15, -0.1) is 0 Å². The molecule has 0 atom stereocenters. The van der Waals surface area contributed by atoms with E-state index in [1.54, 1.807) is 18.2 Å². The molecule has 3 rings (SSSR count). The first-order valence-corrected chi connectivity index (χ1v) is 10.5. The largest absolute Gasteiger partial charge is 0.465 e. The number of hydrogen-bond donors (Lipinski definition) is 1. The number of nitrogens with one attached hydrogen (secondary N) is 1. The van der Waals surface area contributed by atoms with Crippen molar-refractivity contribution in [3.05, 3.63) is 67.5 Å². The summed E-state index contributed by atoms with van der Waals surface area (Å²) in [5.41, 5.74) is 0.713. The Kier molecular flexibility index (Phi) is 7.27. The summed E-state index contributed by atoms with van der Waals surface area (Å²) in [7, 11) is 1.20.